The molecule has 0 spiro atoms. The SMILES string of the molecule is Cc1c(CN)ccc2c(Cl)cccc12. The molecule has 0 atom stereocenters. The van der Waals surface area contributed by atoms with Gasteiger partial charge >= 0.3 is 0 Å². The molecule has 0 amide bonds. The Labute approximate surface area is 88.5 Å². The third kappa shape index (κ3) is 1.39. The van der Waals surface area contributed by atoms with Gasteiger partial charge < -0.3 is 5.73 Å². The van der Waals surface area contributed by atoms with Gasteiger partial charge in [-0.05, 0) is 29.5 Å². The number of hydrogen-bond donors (Lipinski definition) is 1. The lowest BCUT2D eigenvalue weighted by atomic mass is 10.0. The average molecular weight is 206 g/mol. The predicted molar refractivity (Wildman–Crippen MR) is 61.6 cm³/mol. The number of nitrogens with two attached hydrogens (primary N) is 1. The maximum absolute atomic E-state index is 6.09. The zero-order chi connectivity index (χ0) is 10.1. The lowest BCUT2D eigenvalue weighted by Gasteiger charge is -2.08. The molecule has 0 aromatic heterocycles. The Kier molecular flexibility index (Phi) is 2.44. The number of rotatable bonds is 1. The molecule has 0 fully saturated rings. The summed E-state index contributed by atoms with van der Waals surface area (Å²) in [5, 5.41) is 3.10. The normalized spacial score (nSPS) is 10.8. The molecule has 2 aromatic carbocycles. The molecule has 0 aliphatic rings. The van der Waals surface area contributed by atoms with E-state index in [2.05, 4.69) is 13.0 Å². The van der Waals surface area contributed by atoms with Gasteiger partial charge in [-0.25, -0.2) is 0 Å². The van der Waals surface area contributed by atoms with Crippen LogP contribution in [0.4, 0.5) is 0 Å². The van der Waals surface area contributed by atoms with Crippen LogP contribution in [0.1, 0.15) is 11.1 Å². The molecule has 2 rings (SSSR count). The molecule has 0 unspecified atom stereocenters. The quantitative estimate of drug-likeness (QED) is 0.760. The van der Waals surface area contributed by atoms with Crippen molar-refractivity contribution in [3.05, 3.63) is 46.5 Å². The molecular formula is C12H12ClN. The average Bonchev–Trinajstić information content (AvgIpc) is 2.20. The first-order valence-corrected chi connectivity index (χ1v) is 4.98. The van der Waals surface area contributed by atoms with E-state index in [0.717, 1.165) is 10.4 Å². The fraction of sp³-hybridized carbons (Fsp3) is 0.167. The van der Waals surface area contributed by atoms with Crippen molar-refractivity contribution < 1.29 is 0 Å². The molecule has 0 aliphatic heterocycles. The topological polar surface area (TPSA) is 26.0 Å². The maximum atomic E-state index is 6.09. The summed E-state index contributed by atoms with van der Waals surface area (Å²) in [5.74, 6) is 0. The fourth-order valence-electron chi connectivity index (χ4n) is 1.74. The van der Waals surface area contributed by atoms with Crippen LogP contribution in [-0.4, -0.2) is 0 Å². The zero-order valence-corrected chi connectivity index (χ0v) is 8.81. The maximum Gasteiger partial charge on any atom is 0.0484 e. The first-order valence-electron chi connectivity index (χ1n) is 4.61. The van der Waals surface area contributed by atoms with Gasteiger partial charge in [0.15, 0.2) is 0 Å². The number of halogens is 1. The summed E-state index contributed by atoms with van der Waals surface area (Å²) in [7, 11) is 0. The van der Waals surface area contributed by atoms with Crippen LogP contribution in [0.2, 0.25) is 5.02 Å². The van der Waals surface area contributed by atoms with Gasteiger partial charge in [0.05, 0.1) is 0 Å². The van der Waals surface area contributed by atoms with E-state index < -0.39 is 0 Å². The second kappa shape index (κ2) is 3.60. The Hall–Kier alpha value is -1.05. The van der Waals surface area contributed by atoms with E-state index in [1.54, 1.807) is 0 Å². The highest BCUT2D eigenvalue weighted by molar-refractivity contribution is 6.35. The second-order valence-electron chi connectivity index (χ2n) is 3.39. The van der Waals surface area contributed by atoms with Crippen LogP contribution < -0.4 is 5.73 Å². The smallest absolute Gasteiger partial charge is 0.0484 e. The van der Waals surface area contributed by atoms with Gasteiger partial charge in [-0.15, -0.1) is 0 Å². The van der Waals surface area contributed by atoms with Crippen molar-refractivity contribution in [3.8, 4) is 0 Å². The van der Waals surface area contributed by atoms with Gasteiger partial charge in [0.25, 0.3) is 0 Å². The fourth-order valence-corrected chi connectivity index (χ4v) is 1.97. The molecule has 0 heterocycles. The molecule has 2 heteroatoms. The second-order valence-corrected chi connectivity index (χ2v) is 3.80. The molecule has 2 N–H and O–H groups in total. The summed E-state index contributed by atoms with van der Waals surface area (Å²) < 4.78 is 0. The monoisotopic (exact) mass is 205 g/mol. The van der Waals surface area contributed by atoms with Crippen molar-refractivity contribution in [1.29, 1.82) is 0 Å². The summed E-state index contributed by atoms with van der Waals surface area (Å²) in [6, 6.07) is 10.0. The van der Waals surface area contributed by atoms with E-state index in [1.165, 1.54) is 16.5 Å². The summed E-state index contributed by atoms with van der Waals surface area (Å²) in [4.78, 5) is 0. The van der Waals surface area contributed by atoms with Gasteiger partial charge in [-0.2, -0.15) is 0 Å². The molecule has 0 saturated carbocycles. The molecule has 0 bridgehead atoms. The number of benzene rings is 2. The first kappa shape index (κ1) is 9.50. The highest BCUT2D eigenvalue weighted by atomic mass is 35.5. The molecule has 72 valence electrons. The Balaban J connectivity index is 2.84. The summed E-state index contributed by atoms with van der Waals surface area (Å²) in [6.45, 7) is 2.66. The third-order valence-corrected chi connectivity index (χ3v) is 2.94. The summed E-state index contributed by atoms with van der Waals surface area (Å²) in [6.07, 6.45) is 0. The molecule has 14 heavy (non-hydrogen) atoms. The van der Waals surface area contributed by atoms with E-state index in [1.807, 2.05) is 24.3 Å². The minimum atomic E-state index is 0.578. The molecule has 1 nitrogen and oxygen atoms in total. The molecule has 2 aromatic rings. The van der Waals surface area contributed by atoms with E-state index in [9.17, 15) is 0 Å². The Bertz CT molecular complexity index is 477. The van der Waals surface area contributed by atoms with Gasteiger partial charge in [0.1, 0.15) is 0 Å². The van der Waals surface area contributed by atoms with Gasteiger partial charge in [0, 0.05) is 17.0 Å². The van der Waals surface area contributed by atoms with Crippen LogP contribution in [-0.2, 0) is 6.54 Å². The summed E-state index contributed by atoms with van der Waals surface area (Å²) in [5.41, 5.74) is 8.06. The molecule has 0 aliphatic carbocycles. The van der Waals surface area contributed by atoms with Crippen molar-refractivity contribution in [1.82, 2.24) is 0 Å². The van der Waals surface area contributed by atoms with Crippen LogP contribution in [0.5, 0.6) is 0 Å². The first-order chi connectivity index (χ1) is 6.74. The van der Waals surface area contributed by atoms with Crippen molar-refractivity contribution in [2.24, 2.45) is 5.73 Å². The van der Waals surface area contributed by atoms with E-state index in [4.69, 9.17) is 17.3 Å². The minimum absolute atomic E-state index is 0.578. The Morgan fingerprint density at radius 3 is 2.64 bits per heavy atom. The lowest BCUT2D eigenvalue weighted by Crippen LogP contribution is -1.99. The predicted octanol–water partition coefficient (Wildman–Crippen LogP) is 3.26. The minimum Gasteiger partial charge on any atom is -0.326 e. The zero-order valence-electron chi connectivity index (χ0n) is 8.05. The number of aryl methyl sites for hydroxylation is 1. The van der Waals surface area contributed by atoms with Crippen molar-refractivity contribution in [2.45, 2.75) is 13.5 Å². The van der Waals surface area contributed by atoms with Crippen molar-refractivity contribution >= 4 is 22.4 Å². The molecule has 0 radical (unpaired) electrons. The number of fused-ring (bicyclic) bond motifs is 1. The van der Waals surface area contributed by atoms with Gasteiger partial charge in [-0.1, -0.05) is 35.9 Å². The highest BCUT2D eigenvalue weighted by Crippen LogP contribution is 2.27. The van der Waals surface area contributed by atoms with Crippen molar-refractivity contribution in [2.75, 3.05) is 0 Å². The van der Waals surface area contributed by atoms with E-state index >= 15 is 0 Å². The third-order valence-electron chi connectivity index (χ3n) is 2.61. The largest absolute Gasteiger partial charge is 0.326 e. The Morgan fingerprint density at radius 2 is 1.93 bits per heavy atom. The summed E-state index contributed by atoms with van der Waals surface area (Å²) >= 11 is 6.09. The van der Waals surface area contributed by atoms with Crippen LogP contribution in [0.15, 0.2) is 30.3 Å². The van der Waals surface area contributed by atoms with Gasteiger partial charge in [-0.3, -0.25) is 0 Å². The molecule has 0 saturated heterocycles. The standard InChI is InChI=1S/C12H12ClN/c1-8-9(7-14)5-6-11-10(8)3-2-4-12(11)13/h2-6H,7,14H2,1H3. The van der Waals surface area contributed by atoms with Crippen LogP contribution in [0.3, 0.4) is 0 Å². The van der Waals surface area contributed by atoms with Gasteiger partial charge in [0.2, 0.25) is 0 Å². The van der Waals surface area contributed by atoms with Crippen LogP contribution >= 0.6 is 11.6 Å². The molecular weight excluding hydrogens is 194 g/mol. The van der Waals surface area contributed by atoms with Crippen molar-refractivity contribution in [3.63, 3.8) is 0 Å². The van der Waals surface area contributed by atoms with Crippen LogP contribution in [0, 0.1) is 6.92 Å². The highest BCUT2D eigenvalue weighted by Gasteiger charge is 2.03. The van der Waals surface area contributed by atoms with Crippen LogP contribution in [0.25, 0.3) is 10.8 Å². The number of hydrogen-bond acceptors (Lipinski definition) is 1. The Morgan fingerprint density at radius 1 is 1.14 bits per heavy atom. The van der Waals surface area contributed by atoms with E-state index in [0.29, 0.717) is 6.54 Å². The lowest BCUT2D eigenvalue weighted by molar-refractivity contribution is 1.06. The van der Waals surface area contributed by atoms with E-state index in [-0.39, 0.29) is 0 Å².